The third-order valence-corrected chi connectivity index (χ3v) is 12.9. The summed E-state index contributed by atoms with van der Waals surface area (Å²) >= 11 is 0. The van der Waals surface area contributed by atoms with E-state index in [1.165, 1.54) is 16.7 Å². The van der Waals surface area contributed by atoms with E-state index in [9.17, 15) is 0 Å². The van der Waals surface area contributed by atoms with Crippen LogP contribution >= 0.6 is 0 Å². The van der Waals surface area contributed by atoms with Crippen molar-refractivity contribution in [1.82, 2.24) is 0 Å². The summed E-state index contributed by atoms with van der Waals surface area (Å²) in [4.78, 5) is 4.77. The largest absolute Gasteiger partial charge is 0.453 e. The molecular formula is C64H44N2O. The Bertz CT molecular complexity index is 3660. The van der Waals surface area contributed by atoms with E-state index in [0.717, 1.165) is 94.7 Å². The summed E-state index contributed by atoms with van der Waals surface area (Å²) in [6.45, 7) is 0. The Morgan fingerprint density at radius 3 is 1.45 bits per heavy atom. The molecule has 0 fully saturated rings. The topological polar surface area (TPSA) is 19.6 Å². The zero-order valence-electron chi connectivity index (χ0n) is 36.7. The molecule has 0 amide bonds. The van der Waals surface area contributed by atoms with Gasteiger partial charge in [-0.1, -0.05) is 206 Å². The number of furan rings is 1. The Kier molecular flexibility index (Phi) is 10.2. The van der Waals surface area contributed by atoms with E-state index in [1.54, 1.807) is 0 Å². The van der Waals surface area contributed by atoms with Gasteiger partial charge in [0.1, 0.15) is 5.58 Å². The van der Waals surface area contributed by atoms with Gasteiger partial charge in [0.25, 0.3) is 0 Å². The maximum Gasteiger partial charge on any atom is 0.161 e. The van der Waals surface area contributed by atoms with E-state index < -0.39 is 0 Å². The van der Waals surface area contributed by atoms with Gasteiger partial charge in [-0.2, -0.15) is 0 Å². The van der Waals surface area contributed by atoms with Crippen LogP contribution in [0.2, 0.25) is 0 Å². The molecule has 3 heteroatoms. The van der Waals surface area contributed by atoms with Crippen molar-refractivity contribution in [3.63, 3.8) is 0 Å². The summed E-state index contributed by atoms with van der Waals surface area (Å²) in [5.41, 5.74) is 17.0. The molecule has 0 aliphatic heterocycles. The highest BCUT2D eigenvalue weighted by Gasteiger charge is 2.27. The molecule has 0 aliphatic rings. The van der Waals surface area contributed by atoms with Crippen LogP contribution in [0.25, 0.3) is 77.2 Å². The average Bonchev–Trinajstić information content (AvgIpc) is 3.82. The molecule has 0 spiro atoms. The molecule has 0 saturated carbocycles. The molecule has 3 nitrogen and oxygen atoms in total. The van der Waals surface area contributed by atoms with Crippen molar-refractivity contribution in [2.75, 3.05) is 9.80 Å². The van der Waals surface area contributed by atoms with Crippen LogP contribution in [0.4, 0.5) is 34.1 Å². The molecule has 0 radical (unpaired) electrons. The van der Waals surface area contributed by atoms with Crippen LogP contribution in [0.15, 0.2) is 271 Å². The van der Waals surface area contributed by atoms with Crippen molar-refractivity contribution in [3.05, 3.63) is 267 Å². The van der Waals surface area contributed by atoms with Crippen molar-refractivity contribution in [1.29, 1.82) is 0 Å². The van der Waals surface area contributed by atoms with Crippen LogP contribution in [0.3, 0.4) is 0 Å². The Morgan fingerprint density at radius 1 is 0.254 bits per heavy atom. The molecule has 0 aliphatic carbocycles. The maximum absolute atomic E-state index is 7.41. The van der Waals surface area contributed by atoms with Gasteiger partial charge in [-0.15, -0.1) is 0 Å². The van der Waals surface area contributed by atoms with Crippen LogP contribution in [-0.2, 0) is 0 Å². The van der Waals surface area contributed by atoms with E-state index in [1.807, 2.05) is 0 Å². The lowest BCUT2D eigenvalue weighted by molar-refractivity contribution is 0.673. The molecule has 0 saturated heterocycles. The van der Waals surface area contributed by atoms with Gasteiger partial charge >= 0.3 is 0 Å². The smallest absolute Gasteiger partial charge is 0.161 e. The van der Waals surface area contributed by atoms with Gasteiger partial charge in [-0.25, -0.2) is 0 Å². The van der Waals surface area contributed by atoms with E-state index in [4.69, 9.17) is 4.42 Å². The Morgan fingerprint density at radius 2 is 0.761 bits per heavy atom. The van der Waals surface area contributed by atoms with Crippen LogP contribution in [0.5, 0.6) is 0 Å². The normalized spacial score (nSPS) is 11.3. The first-order valence-electron chi connectivity index (χ1n) is 22.8. The van der Waals surface area contributed by atoms with Crippen molar-refractivity contribution >= 4 is 66.8 Å². The first kappa shape index (κ1) is 39.7. The second-order valence-corrected chi connectivity index (χ2v) is 16.8. The lowest BCUT2D eigenvalue weighted by Crippen LogP contribution is -2.14. The van der Waals surface area contributed by atoms with E-state index >= 15 is 0 Å². The highest BCUT2D eigenvalue weighted by Crippen LogP contribution is 2.51. The van der Waals surface area contributed by atoms with Gasteiger partial charge in [-0.05, 0) is 105 Å². The number of fused-ring (bicyclic) bond motifs is 5. The standard InChI is InChI=1S/C64H44N2O/c1-6-20-45(21-7-1)46-34-37-52(38-35-46)66(59-33-19-18-31-55(59)48-24-10-3-11-25-48)60-42-43-61(64-62(60)57-40-36-50-28-16-17-32-56(50)63(57)67-64)65(51-29-14-5-15-30-51)53-39-41-54(47-22-8-2-9-23-47)58(44-53)49-26-12-4-13-27-49/h1-44H. The van der Waals surface area contributed by atoms with Gasteiger partial charge in [0.15, 0.2) is 5.58 Å². The Labute approximate surface area is 390 Å². The molecule has 1 heterocycles. The number of hydrogen-bond donors (Lipinski definition) is 0. The zero-order valence-corrected chi connectivity index (χ0v) is 36.7. The molecular weight excluding hydrogens is 813 g/mol. The van der Waals surface area contributed by atoms with Crippen molar-refractivity contribution in [2.45, 2.75) is 0 Å². The van der Waals surface area contributed by atoms with E-state index in [0.29, 0.717) is 0 Å². The average molecular weight is 857 g/mol. The Hall–Kier alpha value is -8.92. The molecule has 0 atom stereocenters. The summed E-state index contributed by atoms with van der Waals surface area (Å²) in [5.74, 6) is 0. The van der Waals surface area contributed by atoms with Gasteiger partial charge in [0, 0.05) is 33.4 Å². The molecule has 0 bridgehead atoms. The molecule has 12 aromatic rings. The monoisotopic (exact) mass is 856 g/mol. The number of para-hydroxylation sites is 2. The van der Waals surface area contributed by atoms with Crippen LogP contribution in [-0.4, -0.2) is 0 Å². The molecule has 1 aromatic heterocycles. The number of nitrogens with zero attached hydrogens (tertiary/aromatic N) is 2. The lowest BCUT2D eigenvalue weighted by atomic mass is 9.93. The van der Waals surface area contributed by atoms with Crippen molar-refractivity contribution < 1.29 is 4.42 Å². The van der Waals surface area contributed by atoms with Crippen LogP contribution in [0, 0.1) is 0 Å². The summed E-state index contributed by atoms with van der Waals surface area (Å²) in [7, 11) is 0. The maximum atomic E-state index is 7.41. The first-order valence-corrected chi connectivity index (χ1v) is 22.8. The summed E-state index contributed by atoms with van der Waals surface area (Å²) in [6, 6.07) is 95.4. The minimum atomic E-state index is 0.796. The molecule has 67 heavy (non-hydrogen) atoms. The highest BCUT2D eigenvalue weighted by atomic mass is 16.3. The quantitative estimate of drug-likeness (QED) is 0.137. The summed E-state index contributed by atoms with van der Waals surface area (Å²) in [6.07, 6.45) is 0. The van der Waals surface area contributed by atoms with E-state index in [2.05, 4.69) is 277 Å². The number of rotatable bonds is 10. The number of benzene rings is 11. The third kappa shape index (κ3) is 7.29. The molecule has 11 aromatic carbocycles. The zero-order chi connectivity index (χ0) is 44.5. The molecule has 12 rings (SSSR count). The van der Waals surface area contributed by atoms with Gasteiger partial charge in [0.2, 0.25) is 0 Å². The van der Waals surface area contributed by atoms with Crippen molar-refractivity contribution in [2.24, 2.45) is 0 Å². The van der Waals surface area contributed by atoms with E-state index in [-0.39, 0.29) is 0 Å². The second kappa shape index (κ2) is 17.2. The Balaban J connectivity index is 1.15. The molecule has 0 N–H and O–H groups in total. The van der Waals surface area contributed by atoms with Crippen LogP contribution in [0.1, 0.15) is 0 Å². The first-order chi connectivity index (χ1) is 33.3. The predicted molar refractivity (Wildman–Crippen MR) is 282 cm³/mol. The number of anilines is 6. The van der Waals surface area contributed by atoms with Gasteiger partial charge < -0.3 is 14.2 Å². The molecule has 0 unspecified atom stereocenters. The molecule has 316 valence electrons. The summed E-state index contributed by atoms with van der Waals surface area (Å²) in [5, 5.41) is 4.27. The third-order valence-electron chi connectivity index (χ3n) is 12.9. The SMILES string of the molecule is c1ccc(-c2ccc(N(c3ccccc3-c3ccccc3)c3ccc(N(c4ccccc4)c4ccc(-c5ccccc5)c(-c5ccccc5)c4)c4oc5c6ccccc6ccc5c34)cc2)cc1. The second-order valence-electron chi connectivity index (χ2n) is 16.8. The fourth-order valence-corrected chi connectivity index (χ4v) is 9.71. The van der Waals surface area contributed by atoms with Gasteiger partial charge in [-0.3, -0.25) is 0 Å². The van der Waals surface area contributed by atoms with Crippen LogP contribution < -0.4 is 9.80 Å². The van der Waals surface area contributed by atoms with Crippen molar-refractivity contribution in [3.8, 4) is 44.5 Å². The lowest BCUT2D eigenvalue weighted by Gasteiger charge is -2.31. The minimum Gasteiger partial charge on any atom is -0.453 e. The fourth-order valence-electron chi connectivity index (χ4n) is 9.71. The van der Waals surface area contributed by atoms with Gasteiger partial charge in [0.05, 0.1) is 22.4 Å². The summed E-state index contributed by atoms with van der Waals surface area (Å²) < 4.78 is 7.41. The highest BCUT2D eigenvalue weighted by molar-refractivity contribution is 6.22. The predicted octanol–water partition coefficient (Wildman–Crippen LogP) is 18.3. The fraction of sp³-hybridized carbons (Fsp3) is 0. The number of hydrogen-bond acceptors (Lipinski definition) is 3. The minimum absolute atomic E-state index is 0.796.